The van der Waals surface area contributed by atoms with Gasteiger partial charge in [-0.2, -0.15) is 8.75 Å². The molecule has 0 amide bonds. The number of anilines is 1. The van der Waals surface area contributed by atoms with Crippen LogP contribution < -0.4 is 5.32 Å². The maximum Gasteiger partial charge on any atom is 0.168 e. The molecule has 16 heavy (non-hydrogen) atoms. The van der Waals surface area contributed by atoms with Crippen LogP contribution >= 0.6 is 11.7 Å². The van der Waals surface area contributed by atoms with Crippen LogP contribution in [-0.2, 0) is 0 Å². The van der Waals surface area contributed by atoms with Gasteiger partial charge in [-0.25, -0.2) is 0 Å². The lowest BCUT2D eigenvalue weighted by molar-refractivity contribution is 0.974. The minimum Gasteiger partial charge on any atom is -0.367 e. The average molecular weight is 234 g/mol. The number of pyridine rings is 1. The van der Waals surface area contributed by atoms with Gasteiger partial charge in [0.2, 0.25) is 0 Å². The van der Waals surface area contributed by atoms with Crippen molar-refractivity contribution in [3.8, 4) is 11.3 Å². The molecule has 1 N–H and O–H groups in total. The van der Waals surface area contributed by atoms with E-state index in [2.05, 4.69) is 26.0 Å². The molecular formula is C11H14N4S. The molecule has 0 aliphatic rings. The standard InChI is InChI=1S/C11H14N4S/c1-3-5-13-11-10(14-16-15-11)9-4-6-12-8(2)7-9/h4,6-7H,3,5H2,1-2H3,(H,13,15). The highest BCUT2D eigenvalue weighted by atomic mass is 32.1. The minimum atomic E-state index is 0.873. The minimum absolute atomic E-state index is 0.873. The van der Waals surface area contributed by atoms with Crippen LogP contribution in [0.15, 0.2) is 18.3 Å². The lowest BCUT2D eigenvalue weighted by Crippen LogP contribution is -2.01. The zero-order valence-electron chi connectivity index (χ0n) is 9.40. The van der Waals surface area contributed by atoms with Crippen LogP contribution in [0.1, 0.15) is 19.0 Å². The molecule has 0 radical (unpaired) electrons. The van der Waals surface area contributed by atoms with E-state index in [-0.39, 0.29) is 0 Å². The van der Waals surface area contributed by atoms with Crippen molar-refractivity contribution in [2.75, 3.05) is 11.9 Å². The monoisotopic (exact) mass is 234 g/mol. The molecule has 0 atom stereocenters. The van der Waals surface area contributed by atoms with E-state index in [0.29, 0.717) is 0 Å². The van der Waals surface area contributed by atoms with Crippen LogP contribution in [0, 0.1) is 6.92 Å². The molecule has 2 heterocycles. The van der Waals surface area contributed by atoms with Crippen LogP contribution in [0.2, 0.25) is 0 Å². The molecule has 0 saturated heterocycles. The van der Waals surface area contributed by atoms with Gasteiger partial charge in [0.1, 0.15) is 5.69 Å². The third-order valence-corrected chi connectivity index (χ3v) is 2.73. The molecule has 4 nitrogen and oxygen atoms in total. The van der Waals surface area contributed by atoms with Crippen molar-refractivity contribution < 1.29 is 0 Å². The third kappa shape index (κ3) is 2.36. The quantitative estimate of drug-likeness (QED) is 0.883. The number of hydrogen-bond donors (Lipinski definition) is 1. The van der Waals surface area contributed by atoms with Crippen molar-refractivity contribution in [1.82, 2.24) is 13.7 Å². The Labute approximate surface area is 99.1 Å². The smallest absolute Gasteiger partial charge is 0.168 e. The van der Waals surface area contributed by atoms with Crippen LogP contribution in [0.5, 0.6) is 0 Å². The summed E-state index contributed by atoms with van der Waals surface area (Å²) in [6.45, 7) is 5.02. The van der Waals surface area contributed by atoms with Gasteiger partial charge in [-0.05, 0) is 25.5 Å². The summed E-state index contributed by atoms with van der Waals surface area (Å²) in [6.07, 6.45) is 2.87. The fourth-order valence-corrected chi connectivity index (χ4v) is 1.98. The Bertz CT molecular complexity index is 467. The Kier molecular flexibility index (Phi) is 3.46. The van der Waals surface area contributed by atoms with E-state index >= 15 is 0 Å². The lowest BCUT2D eigenvalue weighted by Gasteiger charge is -2.03. The fraction of sp³-hybridized carbons (Fsp3) is 0.364. The Morgan fingerprint density at radius 3 is 3.00 bits per heavy atom. The molecule has 0 unspecified atom stereocenters. The number of aryl methyl sites for hydroxylation is 1. The van der Waals surface area contributed by atoms with Gasteiger partial charge < -0.3 is 5.32 Å². The van der Waals surface area contributed by atoms with E-state index in [4.69, 9.17) is 0 Å². The molecule has 0 spiro atoms. The van der Waals surface area contributed by atoms with E-state index in [1.165, 1.54) is 11.7 Å². The zero-order valence-corrected chi connectivity index (χ0v) is 10.2. The van der Waals surface area contributed by atoms with Crippen LogP contribution in [0.3, 0.4) is 0 Å². The Hall–Kier alpha value is -1.49. The molecule has 0 saturated carbocycles. The van der Waals surface area contributed by atoms with Gasteiger partial charge in [-0.1, -0.05) is 6.92 Å². The first-order valence-electron chi connectivity index (χ1n) is 5.30. The van der Waals surface area contributed by atoms with Gasteiger partial charge in [-0.15, -0.1) is 0 Å². The first kappa shape index (κ1) is 11.0. The van der Waals surface area contributed by atoms with Gasteiger partial charge >= 0.3 is 0 Å². The highest BCUT2D eigenvalue weighted by Gasteiger charge is 2.09. The van der Waals surface area contributed by atoms with Gasteiger partial charge in [-0.3, -0.25) is 4.98 Å². The molecular weight excluding hydrogens is 220 g/mol. The van der Waals surface area contributed by atoms with Crippen molar-refractivity contribution in [3.05, 3.63) is 24.0 Å². The van der Waals surface area contributed by atoms with Crippen LogP contribution in [0.25, 0.3) is 11.3 Å². The summed E-state index contributed by atoms with van der Waals surface area (Å²) in [5.74, 6) is 0.873. The van der Waals surface area contributed by atoms with Crippen molar-refractivity contribution in [2.24, 2.45) is 0 Å². The van der Waals surface area contributed by atoms with Crippen molar-refractivity contribution in [2.45, 2.75) is 20.3 Å². The van der Waals surface area contributed by atoms with Gasteiger partial charge in [0, 0.05) is 24.0 Å². The summed E-state index contributed by atoms with van der Waals surface area (Å²) in [4.78, 5) is 4.18. The summed E-state index contributed by atoms with van der Waals surface area (Å²) in [5.41, 5.74) is 2.98. The molecule has 0 aliphatic heterocycles. The third-order valence-electron chi connectivity index (χ3n) is 2.20. The van der Waals surface area contributed by atoms with E-state index in [1.807, 2.05) is 19.1 Å². The van der Waals surface area contributed by atoms with Gasteiger partial charge in [0.15, 0.2) is 5.82 Å². The first-order valence-corrected chi connectivity index (χ1v) is 6.03. The summed E-state index contributed by atoms with van der Waals surface area (Å²) < 4.78 is 8.58. The van der Waals surface area contributed by atoms with E-state index in [0.717, 1.165) is 35.7 Å². The lowest BCUT2D eigenvalue weighted by atomic mass is 10.2. The molecule has 5 heteroatoms. The highest BCUT2D eigenvalue weighted by Crippen LogP contribution is 2.25. The molecule has 0 aliphatic carbocycles. The topological polar surface area (TPSA) is 50.7 Å². The number of nitrogens with one attached hydrogen (secondary N) is 1. The van der Waals surface area contributed by atoms with Crippen LogP contribution in [0.4, 0.5) is 5.82 Å². The first-order chi connectivity index (χ1) is 7.81. The zero-order chi connectivity index (χ0) is 11.4. The van der Waals surface area contributed by atoms with Crippen molar-refractivity contribution >= 4 is 17.5 Å². The Morgan fingerprint density at radius 2 is 2.25 bits per heavy atom. The predicted octanol–water partition coefficient (Wildman–Crippen LogP) is 2.73. The van der Waals surface area contributed by atoms with E-state index < -0.39 is 0 Å². The van der Waals surface area contributed by atoms with E-state index in [1.54, 1.807) is 6.20 Å². The molecule has 2 aromatic heterocycles. The average Bonchev–Trinajstić information content (AvgIpc) is 2.74. The second-order valence-corrected chi connectivity index (χ2v) is 4.10. The van der Waals surface area contributed by atoms with E-state index in [9.17, 15) is 0 Å². The second-order valence-electron chi connectivity index (χ2n) is 3.57. The van der Waals surface area contributed by atoms with Crippen LogP contribution in [-0.4, -0.2) is 20.3 Å². The molecule has 2 rings (SSSR count). The number of nitrogens with zero attached hydrogens (tertiary/aromatic N) is 3. The number of hydrogen-bond acceptors (Lipinski definition) is 5. The van der Waals surface area contributed by atoms with Crippen molar-refractivity contribution in [3.63, 3.8) is 0 Å². The van der Waals surface area contributed by atoms with Gasteiger partial charge in [0.25, 0.3) is 0 Å². The van der Waals surface area contributed by atoms with Crippen molar-refractivity contribution in [1.29, 1.82) is 0 Å². The summed E-state index contributed by atoms with van der Waals surface area (Å²) in [5, 5.41) is 3.28. The van der Waals surface area contributed by atoms with Gasteiger partial charge in [0.05, 0.1) is 11.7 Å². The molecule has 0 fully saturated rings. The largest absolute Gasteiger partial charge is 0.367 e. The second kappa shape index (κ2) is 5.03. The SMILES string of the molecule is CCCNc1nsnc1-c1ccnc(C)c1. The summed E-state index contributed by atoms with van der Waals surface area (Å²) in [7, 11) is 0. The summed E-state index contributed by atoms with van der Waals surface area (Å²) >= 11 is 1.23. The molecule has 0 bridgehead atoms. The maximum absolute atomic E-state index is 4.32. The molecule has 0 aromatic carbocycles. The number of aromatic nitrogens is 3. The number of rotatable bonds is 4. The normalized spacial score (nSPS) is 10.4. The highest BCUT2D eigenvalue weighted by molar-refractivity contribution is 6.99. The maximum atomic E-state index is 4.32. The fourth-order valence-electron chi connectivity index (χ4n) is 1.43. The summed E-state index contributed by atoms with van der Waals surface area (Å²) in [6, 6.07) is 3.98. The molecule has 2 aromatic rings. The molecule has 84 valence electrons. The Morgan fingerprint density at radius 1 is 1.38 bits per heavy atom. The predicted molar refractivity (Wildman–Crippen MR) is 66.7 cm³/mol. The Balaban J connectivity index is 2.29.